The fourth-order valence-corrected chi connectivity index (χ4v) is 3.54. The van der Waals surface area contributed by atoms with Gasteiger partial charge in [0.15, 0.2) is 0 Å². The van der Waals surface area contributed by atoms with Gasteiger partial charge in [-0.15, -0.1) is 0 Å². The Kier molecular flexibility index (Phi) is 2.49. The van der Waals surface area contributed by atoms with Gasteiger partial charge in [0, 0.05) is 0 Å². The molecule has 0 bridgehead atoms. The molecule has 0 radical (unpaired) electrons. The molecule has 2 aliphatic rings. The van der Waals surface area contributed by atoms with Gasteiger partial charge >= 0.3 is 0 Å². The van der Waals surface area contributed by atoms with Gasteiger partial charge in [-0.25, -0.2) is 0 Å². The first-order chi connectivity index (χ1) is 6.28. The van der Waals surface area contributed by atoms with Gasteiger partial charge in [-0.3, -0.25) is 0 Å². The zero-order chi connectivity index (χ0) is 9.31. The van der Waals surface area contributed by atoms with Crippen LogP contribution in [0.2, 0.25) is 0 Å². The van der Waals surface area contributed by atoms with E-state index in [1.807, 2.05) is 5.57 Å². The lowest BCUT2D eigenvalue weighted by Gasteiger charge is -2.26. The van der Waals surface area contributed by atoms with E-state index in [0.717, 1.165) is 5.92 Å². The van der Waals surface area contributed by atoms with Crippen LogP contribution in [0.15, 0.2) is 11.6 Å². The van der Waals surface area contributed by atoms with Crippen LogP contribution in [0.4, 0.5) is 0 Å². The first-order valence-corrected chi connectivity index (χ1v) is 5.99. The quantitative estimate of drug-likeness (QED) is 0.525. The molecule has 0 aromatic carbocycles. The highest BCUT2D eigenvalue weighted by Gasteiger charge is 2.43. The summed E-state index contributed by atoms with van der Waals surface area (Å²) >= 11 is 0. The van der Waals surface area contributed by atoms with Crippen molar-refractivity contribution in [2.45, 2.75) is 58.8 Å². The van der Waals surface area contributed by atoms with Crippen molar-refractivity contribution in [3.05, 3.63) is 11.6 Å². The van der Waals surface area contributed by atoms with E-state index in [9.17, 15) is 0 Å². The minimum Gasteiger partial charge on any atom is -0.0848 e. The van der Waals surface area contributed by atoms with Crippen molar-refractivity contribution in [3.8, 4) is 0 Å². The Bertz CT molecular complexity index is 206. The fraction of sp³-hybridized carbons (Fsp3) is 0.846. The van der Waals surface area contributed by atoms with E-state index in [1.54, 1.807) is 0 Å². The average molecular weight is 178 g/mol. The Labute approximate surface area is 82.4 Å². The van der Waals surface area contributed by atoms with E-state index >= 15 is 0 Å². The third kappa shape index (κ3) is 1.45. The summed E-state index contributed by atoms with van der Waals surface area (Å²) in [5, 5.41) is 0. The second-order valence-corrected chi connectivity index (χ2v) is 4.99. The van der Waals surface area contributed by atoms with E-state index in [4.69, 9.17) is 0 Å². The summed E-state index contributed by atoms with van der Waals surface area (Å²) in [5.74, 6) is 0.887. The van der Waals surface area contributed by atoms with Crippen LogP contribution in [-0.2, 0) is 0 Å². The third-order valence-electron chi connectivity index (χ3n) is 4.18. The van der Waals surface area contributed by atoms with Gasteiger partial charge in [-0.2, -0.15) is 0 Å². The molecule has 0 heteroatoms. The van der Waals surface area contributed by atoms with Crippen LogP contribution in [0.25, 0.3) is 0 Å². The summed E-state index contributed by atoms with van der Waals surface area (Å²) in [6, 6.07) is 0. The predicted molar refractivity (Wildman–Crippen MR) is 57.7 cm³/mol. The fourth-order valence-electron chi connectivity index (χ4n) is 3.54. The van der Waals surface area contributed by atoms with Crippen LogP contribution >= 0.6 is 0 Å². The summed E-state index contributed by atoms with van der Waals surface area (Å²) in [5.41, 5.74) is 2.52. The van der Waals surface area contributed by atoms with Crippen LogP contribution in [0, 0.1) is 11.3 Å². The van der Waals surface area contributed by atoms with Crippen molar-refractivity contribution in [2.24, 2.45) is 11.3 Å². The summed E-state index contributed by atoms with van der Waals surface area (Å²) in [7, 11) is 0. The maximum Gasteiger partial charge on any atom is -0.00852 e. The molecular weight excluding hydrogens is 156 g/mol. The lowest BCUT2D eigenvalue weighted by Crippen LogP contribution is -2.14. The van der Waals surface area contributed by atoms with Crippen molar-refractivity contribution < 1.29 is 0 Å². The maximum atomic E-state index is 2.53. The molecule has 0 amide bonds. The van der Waals surface area contributed by atoms with Gasteiger partial charge < -0.3 is 0 Å². The number of hydrogen-bond acceptors (Lipinski definition) is 0. The lowest BCUT2D eigenvalue weighted by atomic mass is 9.79. The molecule has 0 aliphatic heterocycles. The van der Waals surface area contributed by atoms with E-state index in [-0.39, 0.29) is 0 Å². The zero-order valence-corrected chi connectivity index (χ0v) is 9.10. The highest BCUT2D eigenvalue weighted by Crippen LogP contribution is 2.56. The molecule has 74 valence electrons. The summed E-state index contributed by atoms with van der Waals surface area (Å²) in [4.78, 5) is 0. The second kappa shape index (κ2) is 3.48. The molecule has 0 nitrogen and oxygen atoms in total. The van der Waals surface area contributed by atoms with Crippen LogP contribution in [0.3, 0.4) is 0 Å². The van der Waals surface area contributed by atoms with E-state index < -0.39 is 0 Å². The molecule has 13 heavy (non-hydrogen) atoms. The molecule has 0 N–H and O–H groups in total. The molecule has 2 saturated carbocycles. The van der Waals surface area contributed by atoms with Crippen molar-refractivity contribution in [1.82, 2.24) is 0 Å². The monoisotopic (exact) mass is 178 g/mol. The Morgan fingerprint density at radius 2 is 2.00 bits per heavy atom. The zero-order valence-electron chi connectivity index (χ0n) is 9.10. The molecule has 1 atom stereocenters. The van der Waals surface area contributed by atoms with Crippen molar-refractivity contribution >= 4 is 0 Å². The Morgan fingerprint density at radius 1 is 1.31 bits per heavy atom. The van der Waals surface area contributed by atoms with Crippen LogP contribution < -0.4 is 0 Å². The highest BCUT2D eigenvalue weighted by molar-refractivity contribution is 5.23. The summed E-state index contributed by atoms with van der Waals surface area (Å²) in [6.45, 7) is 4.70. The van der Waals surface area contributed by atoms with Crippen molar-refractivity contribution in [1.29, 1.82) is 0 Å². The molecule has 0 aromatic rings. The molecule has 1 unspecified atom stereocenters. The Balaban J connectivity index is 2.23. The molecule has 2 aliphatic carbocycles. The van der Waals surface area contributed by atoms with Gasteiger partial charge in [0.1, 0.15) is 0 Å². The molecule has 0 heterocycles. The number of hydrogen-bond donors (Lipinski definition) is 0. The highest BCUT2D eigenvalue weighted by atomic mass is 14.5. The molecule has 2 fully saturated rings. The maximum absolute atomic E-state index is 2.53. The van der Waals surface area contributed by atoms with E-state index in [2.05, 4.69) is 19.9 Å². The minimum absolute atomic E-state index is 0.690. The molecule has 0 saturated heterocycles. The molecule has 2 rings (SSSR count). The number of allylic oxidation sites excluding steroid dienone is 2. The average Bonchev–Trinajstić information content (AvgIpc) is 2.69. The van der Waals surface area contributed by atoms with E-state index in [0.29, 0.717) is 5.41 Å². The molecule has 1 spiro atoms. The van der Waals surface area contributed by atoms with Gasteiger partial charge in [0.2, 0.25) is 0 Å². The van der Waals surface area contributed by atoms with Gasteiger partial charge in [0.25, 0.3) is 0 Å². The smallest absolute Gasteiger partial charge is 0.00852 e. The number of rotatable bonds is 1. The normalized spacial score (nSPS) is 34.9. The largest absolute Gasteiger partial charge is 0.0848 e. The first-order valence-electron chi connectivity index (χ1n) is 5.99. The van der Waals surface area contributed by atoms with Gasteiger partial charge in [-0.1, -0.05) is 38.3 Å². The second-order valence-electron chi connectivity index (χ2n) is 4.99. The third-order valence-corrected chi connectivity index (χ3v) is 4.18. The SMILES string of the molecule is CC/C=C1/C(C)CCC12CCCC2. The topological polar surface area (TPSA) is 0 Å². The predicted octanol–water partition coefficient (Wildman–Crippen LogP) is 4.31. The van der Waals surface area contributed by atoms with Crippen LogP contribution in [0.5, 0.6) is 0 Å². The Morgan fingerprint density at radius 3 is 2.62 bits per heavy atom. The van der Waals surface area contributed by atoms with Crippen molar-refractivity contribution in [3.63, 3.8) is 0 Å². The molecule has 0 aromatic heterocycles. The minimum atomic E-state index is 0.690. The van der Waals surface area contributed by atoms with Crippen LogP contribution in [0.1, 0.15) is 58.8 Å². The van der Waals surface area contributed by atoms with Crippen LogP contribution in [-0.4, -0.2) is 0 Å². The standard InChI is InChI=1S/C13H22/c1-3-6-12-11(2)7-10-13(12)8-4-5-9-13/h6,11H,3-5,7-10H2,1-2H3/b12-6-. The first kappa shape index (κ1) is 9.30. The Hall–Kier alpha value is -0.260. The lowest BCUT2D eigenvalue weighted by molar-refractivity contribution is 0.378. The van der Waals surface area contributed by atoms with Gasteiger partial charge in [-0.05, 0) is 43.4 Å². The summed E-state index contributed by atoms with van der Waals surface area (Å²) in [6.07, 6.45) is 12.6. The van der Waals surface area contributed by atoms with Crippen molar-refractivity contribution in [2.75, 3.05) is 0 Å². The van der Waals surface area contributed by atoms with Gasteiger partial charge in [0.05, 0.1) is 0 Å². The van der Waals surface area contributed by atoms with E-state index in [1.165, 1.54) is 44.9 Å². The summed E-state index contributed by atoms with van der Waals surface area (Å²) < 4.78 is 0. The molecular formula is C13H22.